The number of unbranched alkanes of at least 4 members (excludes halogenated alkanes) is 3. The molecule has 13 heteroatoms. The van der Waals surface area contributed by atoms with Crippen molar-refractivity contribution in [3.8, 4) is 0 Å². The summed E-state index contributed by atoms with van der Waals surface area (Å²) < 4.78 is 54.5. The third-order valence-electron chi connectivity index (χ3n) is 6.68. The number of rotatable bonds is 27. The zero-order valence-corrected chi connectivity index (χ0v) is 34.5. The molecule has 0 rings (SSSR count). The number of carbonyl (C=O) groups is 3. The maximum absolute atomic E-state index is 14.2. The molecule has 0 amide bonds. The zero-order valence-electron chi connectivity index (χ0n) is 33.3. The molecule has 0 unspecified atom stereocenters. The van der Waals surface area contributed by atoms with Crippen molar-refractivity contribution in [3.05, 3.63) is 0 Å². The molecule has 12 nitrogen and oxygen atoms in total. The van der Waals surface area contributed by atoms with Gasteiger partial charge in [-0.15, -0.1) is 0 Å². The van der Waals surface area contributed by atoms with Gasteiger partial charge in [-0.25, -0.2) is 14.4 Å². The topological polar surface area (TPSA) is 134 Å². The van der Waals surface area contributed by atoms with Crippen molar-refractivity contribution in [1.82, 2.24) is 0 Å². The molecule has 0 aromatic carbocycles. The molecule has 0 aromatic heterocycles. The summed E-state index contributed by atoms with van der Waals surface area (Å²) in [6.45, 7) is 27.2. The van der Waals surface area contributed by atoms with E-state index in [9.17, 15) is 14.4 Å². The molecule has 49 heavy (non-hydrogen) atoms. The summed E-state index contributed by atoms with van der Waals surface area (Å²) in [6.07, 6.45) is 1.76. The molecule has 0 spiro atoms. The Morgan fingerprint density at radius 1 is 0.408 bits per heavy atom. The molecule has 0 N–H and O–H groups in total. The van der Waals surface area contributed by atoms with Gasteiger partial charge in [0.1, 0.15) is 0 Å². The molecule has 0 aliphatic heterocycles. The minimum atomic E-state index is -4.11. The van der Waals surface area contributed by atoms with Crippen LogP contribution < -0.4 is 0 Å². The van der Waals surface area contributed by atoms with Gasteiger partial charge < -0.3 is 39.8 Å². The second-order valence-corrected chi connectivity index (χ2v) is 15.4. The highest BCUT2D eigenvalue weighted by molar-refractivity contribution is 6.44. The first-order valence-corrected chi connectivity index (χ1v) is 19.8. The lowest BCUT2D eigenvalue weighted by Crippen LogP contribution is -2.56. The summed E-state index contributed by atoms with van der Waals surface area (Å²) in [6, 6.07) is 0. The molecule has 0 aromatic rings. The second-order valence-electron chi connectivity index (χ2n) is 14.1. The van der Waals surface area contributed by atoms with Crippen molar-refractivity contribution >= 4 is 33.1 Å². The first kappa shape index (κ1) is 47.7. The average Bonchev–Trinajstić information content (AvgIpc) is 2.95. The molecule has 0 saturated carbocycles. The number of hydrogen-bond donors (Lipinski definition) is 0. The van der Waals surface area contributed by atoms with E-state index in [1.165, 1.54) is 0 Å². The van der Waals surface area contributed by atoms with Crippen LogP contribution in [0.5, 0.6) is 0 Å². The Morgan fingerprint density at radius 3 is 0.735 bits per heavy atom. The minimum Gasteiger partial charge on any atom is -0.547 e. The van der Waals surface area contributed by atoms with Gasteiger partial charge in [-0.2, -0.15) is 0 Å². The molecule has 0 heterocycles. The lowest BCUT2D eigenvalue weighted by atomic mass is 10.1. The van der Waals surface area contributed by atoms with Crippen LogP contribution in [0.4, 0.5) is 0 Å². The van der Waals surface area contributed by atoms with Gasteiger partial charge in [-0.05, 0) is 102 Å². The summed E-state index contributed by atoms with van der Waals surface area (Å²) in [4.78, 5) is 42.7. The Balaban J connectivity index is 7.27. The molecule has 0 saturated heterocycles. The fourth-order valence-electron chi connectivity index (χ4n) is 5.15. The van der Waals surface area contributed by atoms with Gasteiger partial charge in [0, 0.05) is 19.3 Å². The van der Waals surface area contributed by atoms with Crippen LogP contribution >= 0.6 is 0 Å². The highest BCUT2D eigenvalue weighted by atomic mass is 27.3. The summed E-state index contributed by atoms with van der Waals surface area (Å²) in [5.41, 5.74) is 0. The third-order valence-corrected chi connectivity index (χ3v) is 7.90. The maximum Gasteiger partial charge on any atom is 1.20 e. The van der Waals surface area contributed by atoms with E-state index < -0.39 is 87.0 Å². The largest absolute Gasteiger partial charge is 1.20 e. The maximum atomic E-state index is 14.2. The van der Waals surface area contributed by atoms with E-state index in [1.54, 1.807) is 83.1 Å². The second kappa shape index (κ2) is 23.3. The molecular formula is C36H69AlO12. The summed E-state index contributed by atoms with van der Waals surface area (Å²) in [5.74, 6) is -8.47. The molecule has 0 radical (unpaired) electrons. The van der Waals surface area contributed by atoms with Gasteiger partial charge >= 0.3 is 33.1 Å². The lowest BCUT2D eigenvalue weighted by Gasteiger charge is -2.38. The van der Waals surface area contributed by atoms with Crippen LogP contribution in [-0.2, 0) is 54.2 Å². The predicted molar refractivity (Wildman–Crippen MR) is 188 cm³/mol. The van der Waals surface area contributed by atoms with Crippen molar-refractivity contribution in [2.45, 2.75) is 216 Å². The van der Waals surface area contributed by atoms with Gasteiger partial charge in [0.25, 0.3) is 17.4 Å². The van der Waals surface area contributed by atoms with Crippen molar-refractivity contribution in [3.63, 3.8) is 0 Å². The standard InChI is InChI=1S/3C12H24O4.Al/c3*1-6-7-8-12(11(13)14,15-9(2)3)16-10(4)5;/h3*9-10H,6-8H2,1-5H3,(H,13,14);/q;;;+3/p-3. The Bertz CT molecular complexity index is 801. The predicted octanol–water partition coefficient (Wildman–Crippen LogP) is 7.81. The normalized spacial score (nSPS) is 12.9. The molecule has 0 atom stereocenters. The van der Waals surface area contributed by atoms with E-state index >= 15 is 0 Å². The van der Waals surface area contributed by atoms with Gasteiger partial charge in [-0.1, -0.05) is 40.0 Å². The quantitative estimate of drug-likeness (QED) is 0.0605. The fraction of sp³-hybridized carbons (Fsp3) is 0.917. The minimum absolute atomic E-state index is 0.155. The van der Waals surface area contributed by atoms with Gasteiger partial charge in [0.15, 0.2) is 0 Å². The van der Waals surface area contributed by atoms with E-state index in [2.05, 4.69) is 0 Å². The Morgan fingerprint density at radius 2 is 0.592 bits per heavy atom. The molecule has 0 aliphatic carbocycles. The van der Waals surface area contributed by atoms with Gasteiger partial charge in [0.2, 0.25) is 0 Å². The Kier molecular flexibility index (Phi) is 22.7. The fourth-order valence-corrected chi connectivity index (χ4v) is 6.36. The zero-order chi connectivity index (χ0) is 38.0. The van der Waals surface area contributed by atoms with Gasteiger partial charge in [-0.3, -0.25) is 0 Å². The van der Waals surface area contributed by atoms with Gasteiger partial charge in [0.05, 0.1) is 36.6 Å². The van der Waals surface area contributed by atoms with E-state index in [1.807, 2.05) is 20.8 Å². The number of hydrogen-bond acceptors (Lipinski definition) is 12. The summed E-state index contributed by atoms with van der Waals surface area (Å²) in [7, 11) is 0. The highest BCUT2D eigenvalue weighted by Gasteiger charge is 2.60. The summed E-state index contributed by atoms with van der Waals surface area (Å²) >= 11 is -4.11. The Hall–Kier alpha value is -1.30. The van der Waals surface area contributed by atoms with E-state index in [-0.39, 0.29) is 19.3 Å². The molecule has 0 aliphatic rings. The van der Waals surface area contributed by atoms with E-state index in [0.29, 0.717) is 19.3 Å². The van der Waals surface area contributed by atoms with Crippen molar-refractivity contribution in [1.29, 1.82) is 0 Å². The van der Waals surface area contributed by atoms with Crippen LogP contribution in [-0.4, -0.2) is 87.0 Å². The molecule has 288 valence electrons. The average molecular weight is 721 g/mol. The Labute approximate surface area is 302 Å². The first-order valence-electron chi connectivity index (χ1n) is 18.4. The SMILES string of the molecule is CCCCC(OC(C)C)(OC(C)C)C(=O)[O][Al]([O]C(=O)C(CCCC)(OC(C)C)OC(C)C)[O]C(=O)C(CCCC)(OC(C)C)OC(C)C. The lowest BCUT2D eigenvalue weighted by molar-refractivity contribution is -0.278. The smallest absolute Gasteiger partial charge is 0.547 e. The van der Waals surface area contributed by atoms with E-state index in [0.717, 1.165) is 19.3 Å². The van der Waals surface area contributed by atoms with Crippen molar-refractivity contribution in [2.75, 3.05) is 0 Å². The molecular weight excluding hydrogens is 651 g/mol. The van der Waals surface area contributed by atoms with Crippen LogP contribution in [0.25, 0.3) is 0 Å². The third kappa shape index (κ3) is 17.2. The van der Waals surface area contributed by atoms with Crippen LogP contribution in [0.3, 0.4) is 0 Å². The number of carbonyl (C=O) groups excluding carboxylic acids is 3. The number of ether oxygens (including phenoxy) is 6. The van der Waals surface area contributed by atoms with Crippen molar-refractivity contribution in [2.24, 2.45) is 0 Å². The molecule has 0 bridgehead atoms. The van der Waals surface area contributed by atoms with E-state index in [4.69, 9.17) is 39.8 Å². The summed E-state index contributed by atoms with van der Waals surface area (Å²) in [5, 5.41) is 0. The van der Waals surface area contributed by atoms with Crippen LogP contribution in [0.1, 0.15) is 162 Å². The van der Waals surface area contributed by atoms with Crippen LogP contribution in [0, 0.1) is 0 Å². The first-order chi connectivity index (χ1) is 22.7. The monoisotopic (exact) mass is 720 g/mol. The van der Waals surface area contributed by atoms with Crippen LogP contribution in [0.15, 0.2) is 0 Å². The highest BCUT2D eigenvalue weighted by Crippen LogP contribution is 2.32. The van der Waals surface area contributed by atoms with Crippen molar-refractivity contribution < 1.29 is 54.2 Å². The molecule has 0 fully saturated rings. The van der Waals surface area contributed by atoms with Crippen LogP contribution in [0.2, 0.25) is 0 Å².